The Morgan fingerprint density at radius 1 is 1.31 bits per heavy atom. The van der Waals surface area contributed by atoms with E-state index in [1.54, 1.807) is 0 Å². The van der Waals surface area contributed by atoms with E-state index in [0.717, 1.165) is 25.9 Å². The largest absolute Gasteiger partial charge is 0.338 e. The molecule has 1 amide bonds. The van der Waals surface area contributed by atoms with Crippen LogP contribution < -0.4 is 0 Å². The summed E-state index contributed by atoms with van der Waals surface area (Å²) in [5.41, 5.74) is 1.29. The molecule has 1 saturated heterocycles. The summed E-state index contributed by atoms with van der Waals surface area (Å²) >= 11 is 0. The van der Waals surface area contributed by atoms with Crippen LogP contribution in [-0.2, 0) is 11.3 Å². The lowest BCUT2D eigenvalue weighted by Gasteiger charge is -2.16. The highest BCUT2D eigenvalue weighted by molar-refractivity contribution is 5.87. The molecule has 16 heavy (non-hydrogen) atoms. The Morgan fingerprint density at radius 2 is 2.00 bits per heavy atom. The minimum absolute atomic E-state index is 0.0504. The monoisotopic (exact) mass is 215 g/mol. The molecular weight excluding hydrogens is 198 g/mol. The molecule has 1 aliphatic heterocycles. The molecule has 1 aromatic carbocycles. The van der Waals surface area contributed by atoms with E-state index >= 15 is 0 Å². The molecule has 1 saturated carbocycles. The minimum Gasteiger partial charge on any atom is -0.338 e. The predicted molar refractivity (Wildman–Crippen MR) is 62.7 cm³/mol. The fourth-order valence-corrected chi connectivity index (χ4v) is 2.90. The molecular formula is C14H17NO. The number of hydrogen-bond acceptors (Lipinski definition) is 1. The van der Waals surface area contributed by atoms with Crippen LogP contribution in [0.25, 0.3) is 0 Å². The first-order valence-electron chi connectivity index (χ1n) is 6.06. The lowest BCUT2D eigenvalue weighted by molar-refractivity contribution is -0.132. The standard InChI is InChI=1S/C14H17NO/c1-11-9-15(13(16)14(11)7-8-14)10-12-5-3-2-4-6-12/h2-6,11H,7-10H2,1H3/t11-/m0/s1. The van der Waals surface area contributed by atoms with Crippen LogP contribution in [0.2, 0.25) is 0 Å². The Morgan fingerprint density at radius 3 is 2.56 bits per heavy atom. The predicted octanol–water partition coefficient (Wildman–Crippen LogP) is 2.45. The molecule has 0 unspecified atom stereocenters. The second kappa shape index (κ2) is 3.34. The van der Waals surface area contributed by atoms with Crippen LogP contribution in [0.5, 0.6) is 0 Å². The molecule has 2 fully saturated rings. The fourth-order valence-electron chi connectivity index (χ4n) is 2.90. The van der Waals surface area contributed by atoms with Crippen molar-refractivity contribution in [2.24, 2.45) is 11.3 Å². The van der Waals surface area contributed by atoms with E-state index in [2.05, 4.69) is 19.1 Å². The maximum absolute atomic E-state index is 12.2. The lowest BCUT2D eigenvalue weighted by atomic mass is 9.94. The van der Waals surface area contributed by atoms with Crippen molar-refractivity contribution in [2.45, 2.75) is 26.3 Å². The molecule has 2 heteroatoms. The summed E-state index contributed by atoms with van der Waals surface area (Å²) in [5, 5.41) is 0. The van der Waals surface area contributed by atoms with Gasteiger partial charge in [-0.15, -0.1) is 0 Å². The van der Waals surface area contributed by atoms with Crippen LogP contribution in [0.15, 0.2) is 30.3 Å². The van der Waals surface area contributed by atoms with Gasteiger partial charge in [-0.05, 0) is 24.3 Å². The summed E-state index contributed by atoms with van der Waals surface area (Å²) < 4.78 is 0. The number of nitrogens with zero attached hydrogens (tertiary/aromatic N) is 1. The Labute approximate surface area is 96.3 Å². The topological polar surface area (TPSA) is 20.3 Å². The highest BCUT2D eigenvalue weighted by Crippen LogP contribution is 2.57. The van der Waals surface area contributed by atoms with Crippen LogP contribution in [0.1, 0.15) is 25.3 Å². The van der Waals surface area contributed by atoms with Crippen molar-refractivity contribution < 1.29 is 4.79 Å². The Bertz CT molecular complexity index is 408. The number of carbonyl (C=O) groups is 1. The average molecular weight is 215 g/mol. The van der Waals surface area contributed by atoms with Crippen LogP contribution in [-0.4, -0.2) is 17.4 Å². The third-order valence-electron chi connectivity index (χ3n) is 4.16. The maximum Gasteiger partial charge on any atom is 0.229 e. The Balaban J connectivity index is 1.76. The molecule has 0 aromatic heterocycles. The van der Waals surface area contributed by atoms with Gasteiger partial charge >= 0.3 is 0 Å². The number of likely N-dealkylation sites (tertiary alicyclic amines) is 1. The molecule has 84 valence electrons. The third kappa shape index (κ3) is 1.36. The molecule has 1 aromatic rings. The van der Waals surface area contributed by atoms with Gasteiger partial charge in [0.1, 0.15) is 0 Å². The highest BCUT2D eigenvalue weighted by Gasteiger charge is 2.59. The van der Waals surface area contributed by atoms with Crippen molar-refractivity contribution >= 4 is 5.91 Å². The van der Waals surface area contributed by atoms with Crippen molar-refractivity contribution in [1.82, 2.24) is 4.90 Å². The van der Waals surface area contributed by atoms with Crippen LogP contribution in [0.4, 0.5) is 0 Å². The van der Waals surface area contributed by atoms with Crippen molar-refractivity contribution in [1.29, 1.82) is 0 Å². The summed E-state index contributed by atoms with van der Waals surface area (Å²) in [6.07, 6.45) is 2.22. The molecule has 0 bridgehead atoms. The van der Waals surface area contributed by atoms with Gasteiger partial charge in [-0.25, -0.2) is 0 Å². The summed E-state index contributed by atoms with van der Waals surface area (Å²) in [6, 6.07) is 10.3. The van der Waals surface area contributed by atoms with E-state index in [-0.39, 0.29) is 5.41 Å². The molecule has 1 aliphatic carbocycles. The first-order valence-corrected chi connectivity index (χ1v) is 6.06. The van der Waals surface area contributed by atoms with E-state index in [4.69, 9.17) is 0 Å². The minimum atomic E-state index is 0.0504. The molecule has 2 nitrogen and oxygen atoms in total. The third-order valence-corrected chi connectivity index (χ3v) is 4.16. The average Bonchev–Trinajstić information content (AvgIpc) is 3.06. The molecule has 2 aliphatic rings. The quantitative estimate of drug-likeness (QED) is 0.742. The zero-order valence-corrected chi connectivity index (χ0v) is 9.65. The zero-order valence-electron chi connectivity index (χ0n) is 9.65. The molecule has 0 radical (unpaired) electrons. The van der Waals surface area contributed by atoms with Gasteiger partial charge in [0.05, 0.1) is 5.41 Å². The van der Waals surface area contributed by atoms with Gasteiger partial charge in [0.15, 0.2) is 0 Å². The van der Waals surface area contributed by atoms with Crippen LogP contribution in [0, 0.1) is 11.3 Å². The smallest absolute Gasteiger partial charge is 0.229 e. The maximum atomic E-state index is 12.2. The Kier molecular flexibility index (Phi) is 2.06. The second-order valence-corrected chi connectivity index (χ2v) is 5.23. The second-order valence-electron chi connectivity index (χ2n) is 5.23. The van der Waals surface area contributed by atoms with Gasteiger partial charge in [-0.1, -0.05) is 37.3 Å². The van der Waals surface area contributed by atoms with E-state index in [9.17, 15) is 4.79 Å². The summed E-state index contributed by atoms with van der Waals surface area (Å²) in [4.78, 5) is 14.3. The van der Waals surface area contributed by atoms with Gasteiger partial charge in [0, 0.05) is 13.1 Å². The Hall–Kier alpha value is -1.31. The van der Waals surface area contributed by atoms with Gasteiger partial charge in [-0.2, -0.15) is 0 Å². The van der Waals surface area contributed by atoms with Crippen molar-refractivity contribution in [2.75, 3.05) is 6.54 Å². The van der Waals surface area contributed by atoms with Crippen molar-refractivity contribution in [3.8, 4) is 0 Å². The number of benzene rings is 1. The first-order chi connectivity index (χ1) is 7.72. The summed E-state index contributed by atoms with van der Waals surface area (Å²) in [7, 11) is 0. The summed E-state index contributed by atoms with van der Waals surface area (Å²) in [6.45, 7) is 3.94. The van der Waals surface area contributed by atoms with E-state index < -0.39 is 0 Å². The lowest BCUT2D eigenvalue weighted by Crippen LogP contribution is -2.27. The van der Waals surface area contributed by atoms with Crippen LogP contribution in [0.3, 0.4) is 0 Å². The number of hydrogen-bond donors (Lipinski definition) is 0. The van der Waals surface area contributed by atoms with Crippen LogP contribution >= 0.6 is 0 Å². The van der Waals surface area contributed by atoms with E-state index in [0.29, 0.717) is 11.8 Å². The zero-order chi connectivity index (χ0) is 11.2. The normalized spacial score (nSPS) is 26.4. The van der Waals surface area contributed by atoms with E-state index in [1.165, 1.54) is 5.56 Å². The van der Waals surface area contributed by atoms with E-state index in [1.807, 2.05) is 23.1 Å². The molecule has 3 rings (SSSR count). The van der Waals surface area contributed by atoms with Gasteiger partial charge in [0.2, 0.25) is 5.91 Å². The SMILES string of the molecule is C[C@H]1CN(Cc2ccccc2)C(=O)C12CC2. The number of amides is 1. The van der Waals surface area contributed by atoms with Gasteiger partial charge < -0.3 is 4.90 Å². The summed E-state index contributed by atoms with van der Waals surface area (Å²) in [5.74, 6) is 0.938. The van der Waals surface area contributed by atoms with Crippen molar-refractivity contribution in [3.63, 3.8) is 0 Å². The molecule has 1 spiro atoms. The molecule has 0 N–H and O–H groups in total. The molecule has 1 atom stereocenters. The molecule has 1 heterocycles. The number of rotatable bonds is 2. The van der Waals surface area contributed by atoms with Gasteiger partial charge in [0.25, 0.3) is 0 Å². The highest BCUT2D eigenvalue weighted by atomic mass is 16.2. The van der Waals surface area contributed by atoms with Gasteiger partial charge in [-0.3, -0.25) is 4.79 Å². The first kappa shape index (κ1) is 9.88. The fraction of sp³-hybridized carbons (Fsp3) is 0.500. The number of carbonyl (C=O) groups excluding carboxylic acids is 1. The van der Waals surface area contributed by atoms with Crippen molar-refractivity contribution in [3.05, 3.63) is 35.9 Å².